The SMILES string of the molecule is CCOC(=O)c1c(CC(C)C)csc1NC(=O)CN1CCN(C(=O)c2cnccn2)CC1. The summed E-state index contributed by atoms with van der Waals surface area (Å²) in [6, 6.07) is 0. The normalized spacial score (nSPS) is 14.4. The summed E-state index contributed by atoms with van der Waals surface area (Å²) in [6.45, 7) is 8.56. The van der Waals surface area contributed by atoms with E-state index in [1.165, 1.54) is 29.9 Å². The van der Waals surface area contributed by atoms with Gasteiger partial charge in [0, 0.05) is 38.6 Å². The molecule has 0 aromatic carbocycles. The first-order valence-electron chi connectivity index (χ1n) is 10.7. The number of carbonyl (C=O) groups is 3. The number of hydrogen-bond donors (Lipinski definition) is 1. The number of hydrogen-bond acceptors (Lipinski definition) is 8. The van der Waals surface area contributed by atoms with E-state index in [2.05, 4.69) is 29.1 Å². The van der Waals surface area contributed by atoms with Crippen LogP contribution in [0.25, 0.3) is 0 Å². The van der Waals surface area contributed by atoms with Crippen LogP contribution in [0.15, 0.2) is 24.0 Å². The van der Waals surface area contributed by atoms with Crippen LogP contribution < -0.4 is 5.32 Å². The lowest BCUT2D eigenvalue weighted by atomic mass is 10.0. The first-order chi connectivity index (χ1) is 15.4. The fourth-order valence-corrected chi connectivity index (χ4v) is 4.53. The molecular weight excluding hydrogens is 430 g/mol. The number of rotatable bonds is 8. The number of piperazine rings is 1. The molecule has 1 fully saturated rings. The number of ether oxygens (including phenoxy) is 1. The van der Waals surface area contributed by atoms with Crippen LogP contribution in [0.4, 0.5) is 5.00 Å². The zero-order chi connectivity index (χ0) is 23.1. The highest BCUT2D eigenvalue weighted by Gasteiger charge is 2.26. The van der Waals surface area contributed by atoms with Gasteiger partial charge in [-0.05, 0) is 30.2 Å². The van der Waals surface area contributed by atoms with E-state index in [1.807, 2.05) is 10.3 Å². The lowest BCUT2D eigenvalue weighted by Crippen LogP contribution is -2.50. The second-order valence-electron chi connectivity index (χ2n) is 7.99. The third kappa shape index (κ3) is 6.10. The Balaban J connectivity index is 1.57. The highest BCUT2D eigenvalue weighted by molar-refractivity contribution is 7.15. The van der Waals surface area contributed by atoms with Gasteiger partial charge >= 0.3 is 5.97 Å². The number of amides is 2. The predicted molar refractivity (Wildman–Crippen MR) is 122 cm³/mol. The Hall–Kier alpha value is -2.85. The minimum absolute atomic E-state index is 0.155. The van der Waals surface area contributed by atoms with E-state index >= 15 is 0 Å². The molecule has 3 rings (SSSR count). The van der Waals surface area contributed by atoms with Gasteiger partial charge in [0.25, 0.3) is 5.91 Å². The number of nitrogens with zero attached hydrogens (tertiary/aromatic N) is 4. The van der Waals surface area contributed by atoms with Crippen molar-refractivity contribution >= 4 is 34.1 Å². The standard InChI is InChI=1S/C22H29N5O4S/c1-4-31-22(30)19-16(11-15(2)3)14-32-20(19)25-18(28)13-26-7-9-27(10-8-26)21(29)17-12-23-5-6-24-17/h5-6,12,14-15H,4,7-11,13H2,1-3H3,(H,25,28). The van der Waals surface area contributed by atoms with E-state index in [4.69, 9.17) is 4.74 Å². The number of thiophene rings is 1. The molecule has 2 amide bonds. The largest absolute Gasteiger partial charge is 0.462 e. The summed E-state index contributed by atoms with van der Waals surface area (Å²) in [7, 11) is 0. The number of anilines is 1. The predicted octanol–water partition coefficient (Wildman–Crippen LogP) is 2.31. The van der Waals surface area contributed by atoms with Crippen LogP contribution in [0, 0.1) is 5.92 Å². The van der Waals surface area contributed by atoms with Crippen molar-refractivity contribution in [3.8, 4) is 0 Å². The van der Waals surface area contributed by atoms with Crippen LogP contribution in [0.5, 0.6) is 0 Å². The summed E-state index contributed by atoms with van der Waals surface area (Å²) in [5.41, 5.74) is 1.67. The Bertz CT molecular complexity index is 939. The third-order valence-electron chi connectivity index (χ3n) is 5.04. The molecule has 10 heteroatoms. The maximum absolute atomic E-state index is 12.7. The number of esters is 1. The van der Waals surface area contributed by atoms with Crippen molar-refractivity contribution in [1.29, 1.82) is 0 Å². The van der Waals surface area contributed by atoms with Gasteiger partial charge in [-0.1, -0.05) is 13.8 Å². The average Bonchev–Trinajstić information content (AvgIpc) is 3.15. The highest BCUT2D eigenvalue weighted by atomic mass is 32.1. The Morgan fingerprint density at radius 3 is 2.56 bits per heavy atom. The van der Waals surface area contributed by atoms with E-state index in [-0.39, 0.29) is 25.0 Å². The fourth-order valence-electron chi connectivity index (χ4n) is 3.55. The van der Waals surface area contributed by atoms with E-state index in [0.29, 0.717) is 48.4 Å². The van der Waals surface area contributed by atoms with E-state index < -0.39 is 5.97 Å². The summed E-state index contributed by atoms with van der Waals surface area (Å²) in [5.74, 6) is -0.377. The molecule has 3 heterocycles. The first-order valence-corrected chi connectivity index (χ1v) is 11.6. The van der Waals surface area contributed by atoms with Crippen molar-refractivity contribution in [2.24, 2.45) is 5.92 Å². The average molecular weight is 460 g/mol. The Labute approximate surface area is 191 Å². The zero-order valence-electron chi connectivity index (χ0n) is 18.7. The second-order valence-corrected chi connectivity index (χ2v) is 8.87. The van der Waals surface area contributed by atoms with Crippen LogP contribution in [-0.2, 0) is 16.0 Å². The molecule has 32 heavy (non-hydrogen) atoms. The van der Waals surface area contributed by atoms with E-state index in [0.717, 1.165) is 12.0 Å². The molecule has 1 aliphatic rings. The molecule has 0 unspecified atom stereocenters. The van der Waals surface area contributed by atoms with Gasteiger partial charge in [0.2, 0.25) is 5.91 Å². The van der Waals surface area contributed by atoms with Crippen molar-refractivity contribution < 1.29 is 19.1 Å². The van der Waals surface area contributed by atoms with Crippen molar-refractivity contribution in [3.63, 3.8) is 0 Å². The molecule has 0 spiro atoms. The molecule has 1 aliphatic heterocycles. The van der Waals surface area contributed by atoms with Crippen molar-refractivity contribution in [2.75, 3.05) is 44.6 Å². The highest BCUT2D eigenvalue weighted by Crippen LogP contribution is 2.31. The molecule has 9 nitrogen and oxygen atoms in total. The summed E-state index contributed by atoms with van der Waals surface area (Å²) in [4.78, 5) is 49.4. The van der Waals surface area contributed by atoms with Crippen LogP contribution in [0.1, 0.15) is 47.2 Å². The minimum Gasteiger partial charge on any atom is -0.462 e. The number of aromatic nitrogens is 2. The molecule has 0 atom stereocenters. The maximum Gasteiger partial charge on any atom is 0.341 e. The van der Waals surface area contributed by atoms with Gasteiger partial charge in [0.15, 0.2) is 0 Å². The number of carbonyl (C=O) groups excluding carboxylic acids is 3. The Kier molecular flexibility index (Phi) is 8.29. The van der Waals surface area contributed by atoms with Crippen LogP contribution in [-0.4, -0.2) is 76.9 Å². The van der Waals surface area contributed by atoms with E-state index in [9.17, 15) is 14.4 Å². The van der Waals surface area contributed by atoms with Gasteiger partial charge in [0.05, 0.1) is 24.9 Å². The maximum atomic E-state index is 12.7. The van der Waals surface area contributed by atoms with Crippen molar-refractivity contribution in [2.45, 2.75) is 27.2 Å². The van der Waals surface area contributed by atoms with E-state index in [1.54, 1.807) is 11.8 Å². The quantitative estimate of drug-likeness (QED) is 0.604. The van der Waals surface area contributed by atoms with Crippen molar-refractivity contribution in [1.82, 2.24) is 19.8 Å². The minimum atomic E-state index is -0.407. The zero-order valence-corrected chi connectivity index (χ0v) is 19.5. The summed E-state index contributed by atoms with van der Waals surface area (Å²) in [6.07, 6.45) is 5.22. The third-order valence-corrected chi connectivity index (χ3v) is 5.98. The molecule has 1 N–H and O–H groups in total. The lowest BCUT2D eigenvalue weighted by Gasteiger charge is -2.34. The van der Waals surface area contributed by atoms with Gasteiger partial charge in [-0.15, -0.1) is 11.3 Å². The number of nitrogens with one attached hydrogen (secondary N) is 1. The molecule has 2 aromatic rings. The molecule has 172 valence electrons. The molecule has 0 radical (unpaired) electrons. The Morgan fingerprint density at radius 1 is 1.19 bits per heavy atom. The summed E-state index contributed by atoms with van der Waals surface area (Å²) >= 11 is 1.35. The van der Waals surface area contributed by atoms with Crippen LogP contribution in [0.3, 0.4) is 0 Å². The van der Waals surface area contributed by atoms with Gasteiger partial charge in [-0.25, -0.2) is 9.78 Å². The molecule has 0 aliphatic carbocycles. The Morgan fingerprint density at radius 2 is 1.94 bits per heavy atom. The molecule has 2 aromatic heterocycles. The smallest absolute Gasteiger partial charge is 0.341 e. The topological polar surface area (TPSA) is 105 Å². The second kappa shape index (κ2) is 11.1. The van der Waals surface area contributed by atoms with Gasteiger partial charge in [-0.2, -0.15) is 0 Å². The van der Waals surface area contributed by atoms with Gasteiger partial charge < -0.3 is 15.0 Å². The van der Waals surface area contributed by atoms with Gasteiger partial charge in [-0.3, -0.25) is 19.5 Å². The first kappa shape index (κ1) is 23.8. The molecule has 0 saturated carbocycles. The monoisotopic (exact) mass is 459 g/mol. The molecular formula is C22H29N5O4S. The summed E-state index contributed by atoms with van der Waals surface area (Å²) in [5, 5.41) is 5.33. The summed E-state index contributed by atoms with van der Waals surface area (Å²) < 4.78 is 5.21. The van der Waals surface area contributed by atoms with Crippen molar-refractivity contribution in [3.05, 3.63) is 40.8 Å². The van der Waals surface area contributed by atoms with Gasteiger partial charge in [0.1, 0.15) is 10.7 Å². The lowest BCUT2D eigenvalue weighted by molar-refractivity contribution is -0.117. The van der Waals surface area contributed by atoms with Crippen LogP contribution in [0.2, 0.25) is 0 Å². The molecule has 1 saturated heterocycles. The fraction of sp³-hybridized carbons (Fsp3) is 0.500. The van der Waals surface area contributed by atoms with Crippen LogP contribution >= 0.6 is 11.3 Å². The molecule has 0 bridgehead atoms.